The predicted octanol–water partition coefficient (Wildman–Crippen LogP) is 14.0. The van der Waals surface area contributed by atoms with Crippen LogP contribution in [0.3, 0.4) is 0 Å². The first-order valence-electron chi connectivity index (χ1n) is 17.9. The topological polar surface area (TPSA) is 12.9 Å². The first kappa shape index (κ1) is 30.0. The molecule has 9 aromatic carbocycles. The molecule has 0 N–H and O–H groups in total. The summed E-state index contributed by atoms with van der Waals surface area (Å²) >= 11 is 0. The molecule has 242 valence electrons. The van der Waals surface area contributed by atoms with E-state index in [0.717, 1.165) is 22.4 Å². The third-order valence-electron chi connectivity index (χ3n) is 10.5. The molecule has 10 aromatic rings. The molecular weight excluding hydrogens is 627 g/mol. The van der Waals surface area contributed by atoms with Crippen molar-refractivity contribution in [3.63, 3.8) is 0 Å². The Balaban J connectivity index is 1.32. The van der Waals surface area contributed by atoms with E-state index in [-0.39, 0.29) is 0 Å². The quantitative estimate of drug-likeness (QED) is 0.168. The molecule has 1 heterocycles. The summed E-state index contributed by atoms with van der Waals surface area (Å²) < 4.78 is 0. The lowest BCUT2D eigenvalue weighted by atomic mass is 9.83. The molecule has 1 aromatic heterocycles. The van der Waals surface area contributed by atoms with Gasteiger partial charge in [-0.1, -0.05) is 170 Å². The summed E-state index contributed by atoms with van der Waals surface area (Å²) in [7, 11) is 0. The minimum atomic E-state index is 0.972. The van der Waals surface area contributed by atoms with Crippen LogP contribution in [0.25, 0.3) is 98.9 Å². The van der Waals surface area contributed by atoms with Crippen molar-refractivity contribution in [2.75, 3.05) is 0 Å². The molecule has 0 bridgehead atoms. The SMILES string of the molecule is c1ccc(-c2ccnc(-c3ccc4c(-c5ccc6ccccc6c5)c5ccccc5c(-c5ccc6ccccc6c5)c4c3)c2-c2ccccc2)cc1. The summed E-state index contributed by atoms with van der Waals surface area (Å²) in [5.41, 5.74) is 11.6. The summed E-state index contributed by atoms with van der Waals surface area (Å²) in [6, 6.07) is 70.4. The van der Waals surface area contributed by atoms with Gasteiger partial charge in [-0.15, -0.1) is 0 Å². The molecule has 0 aliphatic heterocycles. The van der Waals surface area contributed by atoms with Gasteiger partial charge >= 0.3 is 0 Å². The van der Waals surface area contributed by atoms with Crippen molar-refractivity contribution in [3.05, 3.63) is 200 Å². The molecule has 0 spiro atoms. The van der Waals surface area contributed by atoms with Gasteiger partial charge < -0.3 is 0 Å². The standard InChI is InChI=1S/C51H33N/c1-3-15-36(16-4-1)43-29-30-52-51(50(43)37-17-5-2-6-18-37)42-27-28-46-47(33-42)49(41-26-24-35-14-8-10-20-39(35)32-41)45-22-12-11-21-44(45)48(46)40-25-23-34-13-7-9-19-38(34)31-40/h1-33H. The van der Waals surface area contributed by atoms with E-state index < -0.39 is 0 Å². The monoisotopic (exact) mass is 659 g/mol. The lowest BCUT2D eigenvalue weighted by Crippen LogP contribution is -1.95. The fourth-order valence-electron chi connectivity index (χ4n) is 8.07. The molecule has 1 nitrogen and oxygen atoms in total. The van der Waals surface area contributed by atoms with E-state index in [0.29, 0.717) is 0 Å². The van der Waals surface area contributed by atoms with Crippen molar-refractivity contribution in [3.8, 4) is 55.8 Å². The zero-order valence-electron chi connectivity index (χ0n) is 28.5. The molecule has 0 aliphatic rings. The number of fused-ring (bicyclic) bond motifs is 4. The molecule has 0 aliphatic carbocycles. The second kappa shape index (κ2) is 12.5. The van der Waals surface area contributed by atoms with Crippen molar-refractivity contribution in [1.29, 1.82) is 0 Å². The van der Waals surface area contributed by atoms with Gasteiger partial charge in [-0.3, -0.25) is 4.98 Å². The van der Waals surface area contributed by atoms with E-state index in [1.54, 1.807) is 0 Å². The second-order valence-corrected chi connectivity index (χ2v) is 13.5. The Morgan fingerprint density at radius 3 is 1.37 bits per heavy atom. The van der Waals surface area contributed by atoms with Gasteiger partial charge in [0.15, 0.2) is 0 Å². The van der Waals surface area contributed by atoms with Gasteiger partial charge in [-0.05, 0) is 106 Å². The van der Waals surface area contributed by atoms with E-state index in [1.807, 2.05) is 6.20 Å². The van der Waals surface area contributed by atoms with Crippen molar-refractivity contribution in [2.45, 2.75) is 0 Å². The number of benzene rings is 9. The van der Waals surface area contributed by atoms with Gasteiger partial charge in [-0.2, -0.15) is 0 Å². The largest absolute Gasteiger partial charge is 0.256 e. The van der Waals surface area contributed by atoms with E-state index >= 15 is 0 Å². The molecule has 0 saturated heterocycles. The zero-order chi connectivity index (χ0) is 34.4. The lowest BCUT2D eigenvalue weighted by Gasteiger charge is -2.20. The van der Waals surface area contributed by atoms with Crippen molar-refractivity contribution >= 4 is 43.1 Å². The van der Waals surface area contributed by atoms with Gasteiger partial charge in [0, 0.05) is 17.3 Å². The lowest BCUT2D eigenvalue weighted by molar-refractivity contribution is 1.33. The highest BCUT2D eigenvalue weighted by atomic mass is 14.7. The number of aromatic nitrogens is 1. The van der Waals surface area contributed by atoms with E-state index in [1.165, 1.54) is 76.5 Å². The highest BCUT2D eigenvalue weighted by Gasteiger charge is 2.20. The number of pyridine rings is 1. The van der Waals surface area contributed by atoms with E-state index in [2.05, 4.69) is 194 Å². The Kier molecular flexibility index (Phi) is 7.22. The number of rotatable bonds is 5. The fraction of sp³-hybridized carbons (Fsp3) is 0. The molecule has 0 atom stereocenters. The van der Waals surface area contributed by atoms with Crippen LogP contribution in [-0.2, 0) is 0 Å². The first-order chi connectivity index (χ1) is 25.8. The molecule has 52 heavy (non-hydrogen) atoms. The highest BCUT2D eigenvalue weighted by Crippen LogP contribution is 2.47. The summed E-state index contributed by atoms with van der Waals surface area (Å²) in [4.78, 5) is 5.14. The van der Waals surface area contributed by atoms with Crippen LogP contribution in [0.1, 0.15) is 0 Å². The van der Waals surface area contributed by atoms with Crippen LogP contribution in [0.4, 0.5) is 0 Å². The number of hydrogen-bond donors (Lipinski definition) is 0. The molecule has 0 amide bonds. The molecule has 0 unspecified atom stereocenters. The van der Waals surface area contributed by atoms with Crippen LogP contribution in [0, 0.1) is 0 Å². The number of nitrogens with zero attached hydrogens (tertiary/aromatic N) is 1. The Bertz CT molecular complexity index is 2940. The number of hydrogen-bond acceptors (Lipinski definition) is 1. The summed E-state index contributed by atoms with van der Waals surface area (Å²) in [6.45, 7) is 0. The molecule has 0 fully saturated rings. The van der Waals surface area contributed by atoms with Crippen molar-refractivity contribution in [2.24, 2.45) is 0 Å². The fourth-order valence-corrected chi connectivity index (χ4v) is 8.07. The average molecular weight is 660 g/mol. The molecular formula is C51H33N. The smallest absolute Gasteiger partial charge is 0.0786 e. The van der Waals surface area contributed by atoms with Gasteiger partial charge in [0.2, 0.25) is 0 Å². The Labute approximate surface area is 303 Å². The van der Waals surface area contributed by atoms with E-state index in [4.69, 9.17) is 4.98 Å². The summed E-state index contributed by atoms with van der Waals surface area (Å²) in [6.07, 6.45) is 1.96. The minimum Gasteiger partial charge on any atom is -0.256 e. The first-order valence-corrected chi connectivity index (χ1v) is 17.9. The van der Waals surface area contributed by atoms with Crippen LogP contribution >= 0.6 is 0 Å². The van der Waals surface area contributed by atoms with Crippen LogP contribution < -0.4 is 0 Å². The van der Waals surface area contributed by atoms with Crippen molar-refractivity contribution < 1.29 is 0 Å². The molecule has 1 heteroatoms. The molecule has 10 rings (SSSR count). The summed E-state index contributed by atoms with van der Waals surface area (Å²) in [5, 5.41) is 9.87. The maximum atomic E-state index is 5.14. The van der Waals surface area contributed by atoms with E-state index in [9.17, 15) is 0 Å². The Morgan fingerprint density at radius 1 is 0.269 bits per heavy atom. The minimum absolute atomic E-state index is 0.972. The van der Waals surface area contributed by atoms with Crippen LogP contribution in [0.15, 0.2) is 200 Å². The maximum absolute atomic E-state index is 5.14. The van der Waals surface area contributed by atoms with Crippen molar-refractivity contribution in [1.82, 2.24) is 4.98 Å². The van der Waals surface area contributed by atoms with Gasteiger partial charge in [-0.25, -0.2) is 0 Å². The second-order valence-electron chi connectivity index (χ2n) is 13.5. The highest BCUT2D eigenvalue weighted by molar-refractivity contribution is 6.22. The summed E-state index contributed by atoms with van der Waals surface area (Å²) in [5.74, 6) is 0. The molecule has 0 saturated carbocycles. The van der Waals surface area contributed by atoms with Crippen LogP contribution in [0.2, 0.25) is 0 Å². The average Bonchev–Trinajstić information content (AvgIpc) is 3.22. The zero-order valence-corrected chi connectivity index (χ0v) is 28.5. The Morgan fingerprint density at radius 2 is 0.750 bits per heavy atom. The third-order valence-corrected chi connectivity index (χ3v) is 10.5. The third kappa shape index (κ3) is 5.06. The maximum Gasteiger partial charge on any atom is 0.0786 e. The van der Waals surface area contributed by atoms with Gasteiger partial charge in [0.1, 0.15) is 0 Å². The van der Waals surface area contributed by atoms with Gasteiger partial charge in [0.05, 0.1) is 5.69 Å². The van der Waals surface area contributed by atoms with Gasteiger partial charge in [0.25, 0.3) is 0 Å². The van der Waals surface area contributed by atoms with Crippen LogP contribution in [-0.4, -0.2) is 4.98 Å². The Hall–Kier alpha value is -6.83. The predicted molar refractivity (Wildman–Crippen MR) is 221 cm³/mol. The molecule has 0 radical (unpaired) electrons. The normalized spacial score (nSPS) is 11.5. The van der Waals surface area contributed by atoms with Crippen LogP contribution in [0.5, 0.6) is 0 Å².